The van der Waals surface area contributed by atoms with Crippen molar-refractivity contribution in [2.75, 3.05) is 6.61 Å². The van der Waals surface area contributed by atoms with Gasteiger partial charge < -0.3 is 9.84 Å². The molecule has 0 aliphatic heterocycles. The lowest BCUT2D eigenvalue weighted by atomic mass is 10.0. The minimum Gasteiger partial charge on any atom is -0.476 e. The molecule has 2 aromatic heterocycles. The van der Waals surface area contributed by atoms with Crippen molar-refractivity contribution in [1.29, 1.82) is 0 Å². The molecule has 9 heteroatoms. The van der Waals surface area contributed by atoms with Crippen molar-refractivity contribution in [3.05, 3.63) is 29.6 Å². The van der Waals surface area contributed by atoms with Crippen LogP contribution in [0.15, 0.2) is 18.2 Å². The third-order valence-corrected chi connectivity index (χ3v) is 3.06. The number of aromatic carboxylic acids is 1. The summed E-state index contributed by atoms with van der Waals surface area (Å²) < 4.78 is 4.92. The number of fused-ring (bicyclic) bond motifs is 1. The average Bonchev–Trinajstić information content (AvgIpc) is 3.14. The lowest BCUT2D eigenvalue weighted by Gasteiger charge is -2.03. The number of aromatic amines is 2. The fraction of sp³-hybridized carbons (Fsp3) is 0.154. The van der Waals surface area contributed by atoms with Crippen molar-refractivity contribution >= 4 is 22.8 Å². The first-order valence-electron chi connectivity index (χ1n) is 6.42. The van der Waals surface area contributed by atoms with E-state index in [9.17, 15) is 14.7 Å². The van der Waals surface area contributed by atoms with E-state index in [-0.39, 0.29) is 23.7 Å². The summed E-state index contributed by atoms with van der Waals surface area (Å²) in [4.78, 5) is 23.2. The fourth-order valence-electron chi connectivity index (χ4n) is 2.19. The molecule has 0 fully saturated rings. The number of carbonyl (C=O) groups is 2. The predicted molar refractivity (Wildman–Crippen MR) is 74.4 cm³/mol. The summed E-state index contributed by atoms with van der Waals surface area (Å²) in [5.74, 6) is -1.82. The molecule has 112 valence electrons. The van der Waals surface area contributed by atoms with Crippen LogP contribution in [0.4, 0.5) is 0 Å². The lowest BCUT2D eigenvalue weighted by molar-refractivity contribution is 0.0520. The molecule has 0 unspecified atom stereocenters. The summed E-state index contributed by atoms with van der Waals surface area (Å²) in [6.07, 6.45) is 0. The minimum absolute atomic E-state index is 0.00751. The Hall–Kier alpha value is -3.23. The summed E-state index contributed by atoms with van der Waals surface area (Å²) in [5.41, 5.74) is 1.01. The first-order chi connectivity index (χ1) is 10.6. The normalized spacial score (nSPS) is 10.8. The molecular weight excluding hydrogens is 290 g/mol. The number of nitrogens with zero attached hydrogens (tertiary/aromatic N) is 3. The van der Waals surface area contributed by atoms with Gasteiger partial charge in [-0.25, -0.2) is 9.59 Å². The minimum atomic E-state index is -1.18. The fourth-order valence-corrected chi connectivity index (χ4v) is 2.19. The van der Waals surface area contributed by atoms with E-state index >= 15 is 0 Å². The van der Waals surface area contributed by atoms with Crippen molar-refractivity contribution in [2.45, 2.75) is 6.92 Å². The molecule has 0 saturated carbocycles. The lowest BCUT2D eigenvalue weighted by Crippen LogP contribution is -2.07. The molecule has 0 spiro atoms. The number of hydrogen-bond acceptors (Lipinski definition) is 6. The quantitative estimate of drug-likeness (QED) is 0.617. The topological polar surface area (TPSA) is 134 Å². The van der Waals surface area contributed by atoms with Crippen LogP contribution in [-0.4, -0.2) is 49.3 Å². The van der Waals surface area contributed by atoms with Crippen LogP contribution in [-0.2, 0) is 4.74 Å². The summed E-state index contributed by atoms with van der Waals surface area (Å²) in [5, 5.41) is 26.1. The van der Waals surface area contributed by atoms with Crippen molar-refractivity contribution < 1.29 is 19.4 Å². The third kappa shape index (κ3) is 2.08. The largest absolute Gasteiger partial charge is 0.476 e. The Morgan fingerprint density at radius 1 is 1.23 bits per heavy atom. The number of H-pyrrole nitrogens is 2. The number of nitrogens with one attached hydrogen (secondary N) is 2. The molecule has 3 rings (SSSR count). The number of benzene rings is 1. The van der Waals surface area contributed by atoms with Gasteiger partial charge >= 0.3 is 11.9 Å². The second kappa shape index (κ2) is 5.28. The van der Waals surface area contributed by atoms with E-state index in [1.54, 1.807) is 25.1 Å². The average molecular weight is 301 g/mol. The summed E-state index contributed by atoms with van der Waals surface area (Å²) in [7, 11) is 0. The molecule has 0 aliphatic rings. The molecule has 0 bridgehead atoms. The van der Waals surface area contributed by atoms with Crippen LogP contribution in [0.2, 0.25) is 0 Å². The van der Waals surface area contributed by atoms with E-state index in [0.29, 0.717) is 16.5 Å². The molecule has 9 nitrogen and oxygen atoms in total. The van der Waals surface area contributed by atoms with Gasteiger partial charge in [0.1, 0.15) is 5.69 Å². The van der Waals surface area contributed by atoms with Gasteiger partial charge in [-0.05, 0) is 13.0 Å². The number of aromatic nitrogens is 5. The Bertz CT molecular complexity index is 866. The van der Waals surface area contributed by atoms with Gasteiger partial charge in [0, 0.05) is 10.9 Å². The highest BCUT2D eigenvalue weighted by Gasteiger charge is 2.24. The molecule has 0 saturated heterocycles. The number of hydrogen-bond donors (Lipinski definition) is 3. The van der Waals surface area contributed by atoms with Crippen LogP contribution in [0.5, 0.6) is 0 Å². The van der Waals surface area contributed by atoms with E-state index in [1.165, 1.54) is 0 Å². The molecule has 0 aliphatic carbocycles. The number of ether oxygens (including phenoxy) is 1. The standard InChI is InChI=1S/C13H11N5O4/c1-2-22-13(21)11-9(16-18-17-11)6-4-3-5-7-8(6)10(12(19)20)15-14-7/h3-5H,2H2,1H3,(H,14,15)(H,19,20)(H,16,17,18). The van der Waals surface area contributed by atoms with Gasteiger partial charge in [0.05, 0.1) is 12.1 Å². The number of carbonyl (C=O) groups excluding carboxylic acids is 1. The van der Waals surface area contributed by atoms with Crippen LogP contribution in [0, 0.1) is 0 Å². The smallest absolute Gasteiger partial charge is 0.361 e. The molecule has 2 heterocycles. The van der Waals surface area contributed by atoms with E-state index in [1.807, 2.05) is 0 Å². The number of carboxylic acids is 1. The molecule has 1 aromatic carbocycles. The zero-order chi connectivity index (χ0) is 15.7. The highest BCUT2D eigenvalue weighted by atomic mass is 16.5. The van der Waals surface area contributed by atoms with Crippen molar-refractivity contribution in [3.63, 3.8) is 0 Å². The summed E-state index contributed by atoms with van der Waals surface area (Å²) >= 11 is 0. The van der Waals surface area contributed by atoms with Crippen LogP contribution >= 0.6 is 0 Å². The van der Waals surface area contributed by atoms with Crippen LogP contribution in [0.25, 0.3) is 22.2 Å². The number of carboxylic acid groups (broad SMARTS) is 1. The molecule has 0 amide bonds. The van der Waals surface area contributed by atoms with E-state index < -0.39 is 11.9 Å². The maximum Gasteiger partial charge on any atom is 0.361 e. The van der Waals surface area contributed by atoms with Crippen LogP contribution in [0.1, 0.15) is 27.9 Å². The predicted octanol–water partition coefficient (Wildman–Crippen LogP) is 1.22. The monoisotopic (exact) mass is 301 g/mol. The van der Waals surface area contributed by atoms with Gasteiger partial charge in [0.25, 0.3) is 0 Å². The van der Waals surface area contributed by atoms with Crippen molar-refractivity contribution in [2.24, 2.45) is 0 Å². The highest BCUT2D eigenvalue weighted by molar-refractivity contribution is 6.09. The van der Waals surface area contributed by atoms with Gasteiger partial charge in [-0.15, -0.1) is 5.10 Å². The van der Waals surface area contributed by atoms with Gasteiger partial charge in [-0.3, -0.25) is 5.10 Å². The maximum atomic E-state index is 11.9. The maximum absolute atomic E-state index is 11.9. The highest BCUT2D eigenvalue weighted by Crippen LogP contribution is 2.30. The molecule has 0 radical (unpaired) electrons. The Morgan fingerprint density at radius 2 is 2.05 bits per heavy atom. The molecular formula is C13H11N5O4. The van der Waals surface area contributed by atoms with E-state index in [4.69, 9.17) is 4.74 Å². The molecule has 22 heavy (non-hydrogen) atoms. The second-order valence-corrected chi connectivity index (χ2v) is 4.35. The van der Waals surface area contributed by atoms with E-state index in [2.05, 4.69) is 25.6 Å². The Balaban J connectivity index is 2.23. The zero-order valence-corrected chi connectivity index (χ0v) is 11.5. The van der Waals surface area contributed by atoms with Crippen LogP contribution in [0.3, 0.4) is 0 Å². The molecule has 3 aromatic rings. The third-order valence-electron chi connectivity index (χ3n) is 3.06. The number of rotatable bonds is 4. The van der Waals surface area contributed by atoms with E-state index in [0.717, 1.165) is 0 Å². The number of esters is 1. The van der Waals surface area contributed by atoms with Crippen molar-refractivity contribution in [3.8, 4) is 11.3 Å². The SMILES string of the molecule is CCOC(=O)c1n[nH]nc1-c1cccc2[nH]nc(C(=O)O)c12. The summed E-state index contributed by atoms with van der Waals surface area (Å²) in [6.45, 7) is 1.87. The Morgan fingerprint density at radius 3 is 2.77 bits per heavy atom. The summed E-state index contributed by atoms with van der Waals surface area (Å²) in [6, 6.07) is 5.03. The van der Waals surface area contributed by atoms with Gasteiger partial charge in [0.15, 0.2) is 11.4 Å². The first kappa shape index (κ1) is 13.7. The van der Waals surface area contributed by atoms with Crippen LogP contribution < -0.4 is 0 Å². The second-order valence-electron chi connectivity index (χ2n) is 4.35. The van der Waals surface area contributed by atoms with Gasteiger partial charge in [-0.1, -0.05) is 12.1 Å². The van der Waals surface area contributed by atoms with Gasteiger partial charge in [-0.2, -0.15) is 15.4 Å². The molecule has 0 atom stereocenters. The Labute approximate surface area is 123 Å². The molecule has 3 N–H and O–H groups in total. The Kier molecular flexibility index (Phi) is 3.30. The first-order valence-corrected chi connectivity index (χ1v) is 6.42. The van der Waals surface area contributed by atoms with Crippen molar-refractivity contribution in [1.82, 2.24) is 25.6 Å². The van der Waals surface area contributed by atoms with Gasteiger partial charge in [0.2, 0.25) is 0 Å². The zero-order valence-electron chi connectivity index (χ0n) is 11.5.